The van der Waals surface area contributed by atoms with E-state index in [0.29, 0.717) is 17.1 Å². The third kappa shape index (κ3) is 3.60. The van der Waals surface area contributed by atoms with Crippen LogP contribution >= 0.6 is 11.6 Å². The van der Waals surface area contributed by atoms with Crippen LogP contribution < -0.4 is 5.32 Å². The topological polar surface area (TPSA) is 107 Å². The van der Waals surface area contributed by atoms with E-state index < -0.39 is 10.8 Å². The molecule has 1 amide bonds. The number of Topliss-reactive ketones (excluding diaryl/α,β-unsaturated/α-hetero) is 1. The van der Waals surface area contributed by atoms with Gasteiger partial charge in [0.05, 0.1) is 11.5 Å². The van der Waals surface area contributed by atoms with Gasteiger partial charge in [-0.05, 0) is 38.1 Å². The number of nitrogens with one attached hydrogen (secondary N) is 1. The summed E-state index contributed by atoms with van der Waals surface area (Å²) in [5.74, 6) is -1.05. The zero-order valence-corrected chi connectivity index (χ0v) is 13.8. The molecule has 2 aromatic rings. The summed E-state index contributed by atoms with van der Waals surface area (Å²) in [6, 6.07) is 6.22. The number of halogens is 1. The fraction of sp³-hybridized carbons (Fsp3) is 0.267. The molecule has 0 spiro atoms. The van der Waals surface area contributed by atoms with Crippen molar-refractivity contribution in [2.45, 2.75) is 20.4 Å². The molecule has 0 bridgehead atoms. The number of ketones is 1. The second kappa shape index (κ2) is 7.22. The van der Waals surface area contributed by atoms with Gasteiger partial charge in [0.15, 0.2) is 5.78 Å². The Kier molecular flexibility index (Phi) is 5.30. The Labute approximate surface area is 142 Å². The molecule has 0 saturated carbocycles. The largest absolute Gasteiger partial charge is 0.343 e. The molecule has 8 nitrogen and oxygen atoms in total. The van der Waals surface area contributed by atoms with E-state index in [1.54, 1.807) is 31.2 Å². The fourth-order valence-electron chi connectivity index (χ4n) is 2.23. The first-order chi connectivity index (χ1) is 11.3. The molecule has 0 fully saturated rings. The monoisotopic (exact) mass is 350 g/mol. The SMILES string of the molecule is CCn1nc(C)c([N+](=O)[O-])c1C(=O)NCC(=O)c1ccc(Cl)cc1. The minimum atomic E-state index is -0.716. The number of nitro groups is 1. The quantitative estimate of drug-likeness (QED) is 0.489. The molecule has 0 radical (unpaired) electrons. The predicted molar refractivity (Wildman–Crippen MR) is 87.4 cm³/mol. The van der Waals surface area contributed by atoms with Gasteiger partial charge in [0.1, 0.15) is 5.69 Å². The lowest BCUT2D eigenvalue weighted by Crippen LogP contribution is -2.31. The average Bonchev–Trinajstić information content (AvgIpc) is 2.89. The Morgan fingerprint density at radius 1 is 1.33 bits per heavy atom. The first-order valence-electron chi connectivity index (χ1n) is 7.14. The molecule has 2 rings (SSSR count). The van der Waals surface area contributed by atoms with Gasteiger partial charge in [-0.25, -0.2) is 0 Å². The highest BCUT2D eigenvalue weighted by molar-refractivity contribution is 6.30. The van der Waals surface area contributed by atoms with Gasteiger partial charge in [-0.1, -0.05) is 11.6 Å². The highest BCUT2D eigenvalue weighted by Gasteiger charge is 2.30. The molecule has 1 heterocycles. The van der Waals surface area contributed by atoms with Crippen LogP contribution in [0.3, 0.4) is 0 Å². The van der Waals surface area contributed by atoms with Crippen LogP contribution in [0.1, 0.15) is 33.5 Å². The van der Waals surface area contributed by atoms with E-state index in [4.69, 9.17) is 11.6 Å². The van der Waals surface area contributed by atoms with Crippen molar-refractivity contribution >= 4 is 29.0 Å². The van der Waals surface area contributed by atoms with Crippen LogP contribution in [0.25, 0.3) is 0 Å². The second-order valence-electron chi connectivity index (χ2n) is 4.97. The Bertz CT molecular complexity index is 799. The van der Waals surface area contributed by atoms with Crippen LogP contribution in [0, 0.1) is 17.0 Å². The molecule has 0 atom stereocenters. The van der Waals surface area contributed by atoms with Crippen LogP contribution in [0.5, 0.6) is 0 Å². The normalized spacial score (nSPS) is 10.5. The Morgan fingerprint density at radius 2 is 1.96 bits per heavy atom. The highest BCUT2D eigenvalue weighted by Crippen LogP contribution is 2.22. The molecular weight excluding hydrogens is 336 g/mol. The van der Waals surface area contributed by atoms with Gasteiger partial charge in [-0.3, -0.25) is 24.4 Å². The smallest absolute Gasteiger partial charge is 0.322 e. The number of benzene rings is 1. The number of carbonyl (C=O) groups excluding carboxylic acids is 2. The number of amides is 1. The van der Waals surface area contributed by atoms with E-state index in [1.165, 1.54) is 11.6 Å². The maximum absolute atomic E-state index is 12.3. The summed E-state index contributed by atoms with van der Waals surface area (Å²) in [7, 11) is 0. The maximum atomic E-state index is 12.3. The molecule has 0 unspecified atom stereocenters. The van der Waals surface area contributed by atoms with Gasteiger partial charge >= 0.3 is 5.69 Å². The van der Waals surface area contributed by atoms with Crippen molar-refractivity contribution in [2.24, 2.45) is 0 Å². The molecular formula is C15H15ClN4O4. The molecule has 0 aliphatic heterocycles. The minimum absolute atomic E-state index is 0.149. The molecule has 126 valence electrons. The third-order valence-corrected chi connectivity index (χ3v) is 3.62. The summed E-state index contributed by atoms with van der Waals surface area (Å²) in [4.78, 5) is 34.9. The van der Waals surface area contributed by atoms with Crippen molar-refractivity contribution < 1.29 is 14.5 Å². The number of hydrogen-bond donors (Lipinski definition) is 1. The van der Waals surface area contributed by atoms with Crippen LogP contribution in [0.2, 0.25) is 5.02 Å². The first-order valence-corrected chi connectivity index (χ1v) is 7.51. The van der Waals surface area contributed by atoms with Gasteiger partial charge in [0.2, 0.25) is 5.69 Å². The van der Waals surface area contributed by atoms with E-state index in [2.05, 4.69) is 10.4 Å². The van der Waals surface area contributed by atoms with E-state index in [1.807, 2.05) is 0 Å². The molecule has 0 aliphatic rings. The zero-order valence-electron chi connectivity index (χ0n) is 13.1. The lowest BCUT2D eigenvalue weighted by molar-refractivity contribution is -0.385. The second-order valence-corrected chi connectivity index (χ2v) is 5.40. The van der Waals surface area contributed by atoms with Crippen LogP contribution in [-0.2, 0) is 6.54 Å². The average molecular weight is 351 g/mol. The number of aryl methyl sites for hydroxylation is 2. The lowest BCUT2D eigenvalue weighted by Gasteiger charge is -2.06. The molecule has 9 heteroatoms. The number of hydrogen-bond acceptors (Lipinski definition) is 5. The fourth-order valence-corrected chi connectivity index (χ4v) is 2.35. The van der Waals surface area contributed by atoms with Crippen molar-refractivity contribution in [1.82, 2.24) is 15.1 Å². The standard InChI is InChI=1S/C15H15ClN4O4/c1-3-19-14(13(20(23)24)9(2)18-19)15(22)17-8-12(21)10-4-6-11(16)7-5-10/h4-7H,3,8H2,1-2H3,(H,17,22). The summed E-state index contributed by atoms with van der Waals surface area (Å²) in [5.41, 5.74) is 0.0163. The van der Waals surface area contributed by atoms with Crippen LogP contribution in [0.4, 0.5) is 5.69 Å². The molecule has 1 aromatic heterocycles. The molecule has 24 heavy (non-hydrogen) atoms. The zero-order chi connectivity index (χ0) is 17.9. The van der Waals surface area contributed by atoms with Crippen LogP contribution in [0.15, 0.2) is 24.3 Å². The summed E-state index contributed by atoms with van der Waals surface area (Å²) >= 11 is 5.75. The van der Waals surface area contributed by atoms with Crippen molar-refractivity contribution in [3.05, 3.63) is 56.4 Å². The van der Waals surface area contributed by atoms with E-state index >= 15 is 0 Å². The van der Waals surface area contributed by atoms with Gasteiger partial charge in [0, 0.05) is 17.1 Å². The van der Waals surface area contributed by atoms with Crippen LogP contribution in [-0.4, -0.2) is 32.9 Å². The van der Waals surface area contributed by atoms with Gasteiger partial charge in [0.25, 0.3) is 5.91 Å². The number of aromatic nitrogens is 2. The Balaban J connectivity index is 2.17. The minimum Gasteiger partial charge on any atom is -0.343 e. The molecule has 0 aliphatic carbocycles. The number of carbonyl (C=O) groups is 2. The molecule has 1 N–H and O–H groups in total. The third-order valence-electron chi connectivity index (χ3n) is 3.37. The number of nitrogens with zero attached hydrogens (tertiary/aromatic N) is 3. The Hall–Kier alpha value is -2.74. The predicted octanol–water partition coefficient (Wildman–Crippen LogP) is 2.39. The lowest BCUT2D eigenvalue weighted by atomic mass is 10.1. The molecule has 0 saturated heterocycles. The Morgan fingerprint density at radius 3 is 2.50 bits per heavy atom. The van der Waals surface area contributed by atoms with Gasteiger partial charge < -0.3 is 5.32 Å². The summed E-state index contributed by atoms with van der Waals surface area (Å²) in [6.45, 7) is 3.18. The van der Waals surface area contributed by atoms with Gasteiger partial charge in [-0.2, -0.15) is 5.10 Å². The van der Waals surface area contributed by atoms with E-state index in [0.717, 1.165) is 0 Å². The first kappa shape index (κ1) is 17.6. The molecule has 1 aromatic carbocycles. The van der Waals surface area contributed by atoms with Crippen molar-refractivity contribution in [3.63, 3.8) is 0 Å². The van der Waals surface area contributed by atoms with Crippen molar-refractivity contribution in [2.75, 3.05) is 6.54 Å². The summed E-state index contributed by atoms with van der Waals surface area (Å²) in [6.07, 6.45) is 0. The number of rotatable bonds is 6. The highest BCUT2D eigenvalue weighted by atomic mass is 35.5. The van der Waals surface area contributed by atoms with Gasteiger partial charge in [-0.15, -0.1) is 0 Å². The van der Waals surface area contributed by atoms with E-state index in [9.17, 15) is 19.7 Å². The summed E-state index contributed by atoms with van der Waals surface area (Å²) in [5, 5.41) is 18.0. The van der Waals surface area contributed by atoms with E-state index in [-0.39, 0.29) is 29.4 Å². The maximum Gasteiger partial charge on any atom is 0.322 e. The van der Waals surface area contributed by atoms with Crippen molar-refractivity contribution in [3.8, 4) is 0 Å². The van der Waals surface area contributed by atoms with Crippen molar-refractivity contribution in [1.29, 1.82) is 0 Å². The summed E-state index contributed by atoms with van der Waals surface area (Å²) < 4.78 is 1.25.